The lowest BCUT2D eigenvalue weighted by atomic mass is 10.2. The number of carbonyl (C=O) groups is 1. The zero-order valence-electron chi connectivity index (χ0n) is 6.73. The van der Waals surface area contributed by atoms with Gasteiger partial charge in [0.15, 0.2) is 0 Å². The topological polar surface area (TPSA) is 29.1 Å². The van der Waals surface area contributed by atoms with Gasteiger partial charge >= 0.3 is 6.18 Å². The SMILES string of the molecule is O=CNc1ccc(C(F)(F)F)cc1I. The lowest BCUT2D eigenvalue weighted by Gasteiger charge is -2.08. The maximum Gasteiger partial charge on any atom is 0.416 e. The average Bonchev–Trinajstić information content (AvgIpc) is 2.07. The molecule has 0 saturated heterocycles. The molecule has 2 nitrogen and oxygen atoms in total. The number of alkyl halides is 3. The highest BCUT2D eigenvalue weighted by Crippen LogP contribution is 2.32. The minimum Gasteiger partial charge on any atom is -0.328 e. The Morgan fingerprint density at radius 3 is 2.43 bits per heavy atom. The number of carbonyl (C=O) groups excluding carboxylic acids is 1. The minimum absolute atomic E-state index is 0.351. The highest BCUT2D eigenvalue weighted by molar-refractivity contribution is 14.1. The summed E-state index contributed by atoms with van der Waals surface area (Å²) in [7, 11) is 0. The molecule has 0 spiro atoms. The molecule has 0 aromatic heterocycles. The smallest absolute Gasteiger partial charge is 0.328 e. The predicted octanol–water partition coefficient (Wildman–Crippen LogP) is 2.88. The van der Waals surface area contributed by atoms with Crippen molar-refractivity contribution >= 4 is 34.7 Å². The van der Waals surface area contributed by atoms with Crippen LogP contribution in [0.5, 0.6) is 0 Å². The molecular formula is C8H5F3INO. The molecule has 0 aliphatic heterocycles. The van der Waals surface area contributed by atoms with Gasteiger partial charge in [0.1, 0.15) is 0 Å². The molecule has 0 heterocycles. The van der Waals surface area contributed by atoms with Crippen LogP contribution in [0.3, 0.4) is 0 Å². The summed E-state index contributed by atoms with van der Waals surface area (Å²) in [5.41, 5.74) is -0.355. The van der Waals surface area contributed by atoms with Gasteiger partial charge in [-0.05, 0) is 40.8 Å². The Balaban J connectivity index is 3.06. The van der Waals surface area contributed by atoms with Crippen molar-refractivity contribution in [3.8, 4) is 0 Å². The number of benzene rings is 1. The number of nitrogens with one attached hydrogen (secondary N) is 1. The Hall–Kier alpha value is -0.790. The fraction of sp³-hybridized carbons (Fsp3) is 0.125. The van der Waals surface area contributed by atoms with Crippen molar-refractivity contribution in [2.75, 3.05) is 5.32 Å². The van der Waals surface area contributed by atoms with Gasteiger partial charge in [-0.15, -0.1) is 0 Å². The highest BCUT2D eigenvalue weighted by atomic mass is 127. The molecular weight excluding hydrogens is 310 g/mol. The van der Waals surface area contributed by atoms with E-state index in [0.717, 1.165) is 12.1 Å². The van der Waals surface area contributed by atoms with Gasteiger partial charge in [-0.2, -0.15) is 13.2 Å². The van der Waals surface area contributed by atoms with Crippen LogP contribution < -0.4 is 5.32 Å². The zero-order valence-corrected chi connectivity index (χ0v) is 8.89. The summed E-state index contributed by atoms with van der Waals surface area (Å²) in [4.78, 5) is 10.1. The van der Waals surface area contributed by atoms with Crippen molar-refractivity contribution in [2.45, 2.75) is 6.18 Å². The molecule has 0 atom stereocenters. The van der Waals surface area contributed by atoms with Crippen molar-refractivity contribution in [1.82, 2.24) is 0 Å². The van der Waals surface area contributed by atoms with Crippen LogP contribution >= 0.6 is 22.6 Å². The zero-order chi connectivity index (χ0) is 10.8. The summed E-state index contributed by atoms with van der Waals surface area (Å²) < 4.78 is 36.9. The maximum atomic E-state index is 12.2. The standard InChI is InChI=1S/C8H5F3INO/c9-8(10,11)5-1-2-7(13-4-14)6(12)3-5/h1-4H,(H,13,14). The molecule has 6 heteroatoms. The fourth-order valence-electron chi connectivity index (χ4n) is 0.872. The summed E-state index contributed by atoms with van der Waals surface area (Å²) in [5, 5.41) is 2.30. The Morgan fingerprint density at radius 1 is 1.36 bits per heavy atom. The molecule has 0 unspecified atom stereocenters. The third-order valence-electron chi connectivity index (χ3n) is 1.51. The van der Waals surface area contributed by atoms with Gasteiger partial charge in [0.05, 0.1) is 11.3 Å². The van der Waals surface area contributed by atoms with Crippen LogP contribution in [0, 0.1) is 3.57 Å². The van der Waals surface area contributed by atoms with Gasteiger partial charge in [0.25, 0.3) is 0 Å². The normalized spacial score (nSPS) is 11.1. The number of amides is 1. The van der Waals surface area contributed by atoms with E-state index in [9.17, 15) is 18.0 Å². The van der Waals surface area contributed by atoms with E-state index in [1.165, 1.54) is 6.07 Å². The molecule has 0 radical (unpaired) electrons. The second-order valence-corrected chi connectivity index (χ2v) is 3.62. The van der Waals surface area contributed by atoms with Crippen molar-refractivity contribution < 1.29 is 18.0 Å². The Bertz CT molecular complexity index is 351. The number of anilines is 1. The summed E-state index contributed by atoms with van der Waals surface area (Å²) in [6.45, 7) is 0. The second kappa shape index (κ2) is 4.16. The van der Waals surface area contributed by atoms with Crippen molar-refractivity contribution in [3.05, 3.63) is 27.3 Å². The van der Waals surface area contributed by atoms with Gasteiger partial charge in [-0.3, -0.25) is 4.79 Å². The van der Waals surface area contributed by atoms with Crippen LogP contribution in [-0.2, 0) is 11.0 Å². The number of rotatable bonds is 2. The quantitative estimate of drug-likeness (QED) is 0.660. The monoisotopic (exact) mass is 315 g/mol. The molecule has 1 N–H and O–H groups in total. The van der Waals surface area contributed by atoms with E-state index >= 15 is 0 Å². The van der Waals surface area contributed by atoms with Gasteiger partial charge in [-0.25, -0.2) is 0 Å². The molecule has 1 aromatic rings. The summed E-state index contributed by atoms with van der Waals surface area (Å²) in [6, 6.07) is 3.12. The Morgan fingerprint density at radius 2 is 2.00 bits per heavy atom. The molecule has 1 rings (SSSR count). The fourth-order valence-corrected chi connectivity index (χ4v) is 1.54. The summed E-state index contributed by atoms with van der Waals surface area (Å²) in [6.07, 6.45) is -3.93. The van der Waals surface area contributed by atoms with Crippen LogP contribution in [0.2, 0.25) is 0 Å². The van der Waals surface area contributed by atoms with E-state index in [1.54, 1.807) is 22.6 Å². The first kappa shape index (κ1) is 11.3. The minimum atomic E-state index is -4.35. The lowest BCUT2D eigenvalue weighted by Crippen LogP contribution is -2.06. The molecule has 1 amide bonds. The van der Waals surface area contributed by atoms with Crippen molar-refractivity contribution in [3.63, 3.8) is 0 Å². The number of hydrogen-bond acceptors (Lipinski definition) is 1. The van der Waals surface area contributed by atoms with Gasteiger partial charge in [-0.1, -0.05) is 0 Å². The Kier molecular flexibility index (Phi) is 3.35. The van der Waals surface area contributed by atoms with Gasteiger partial charge in [0.2, 0.25) is 6.41 Å². The van der Waals surface area contributed by atoms with E-state index in [2.05, 4.69) is 5.32 Å². The van der Waals surface area contributed by atoms with Crippen LogP contribution in [-0.4, -0.2) is 6.41 Å². The first-order valence-electron chi connectivity index (χ1n) is 3.52. The summed E-state index contributed by atoms with van der Waals surface area (Å²) in [5.74, 6) is 0. The second-order valence-electron chi connectivity index (χ2n) is 2.45. The molecule has 0 aliphatic rings. The average molecular weight is 315 g/mol. The first-order chi connectivity index (χ1) is 6.45. The first-order valence-corrected chi connectivity index (χ1v) is 4.60. The van der Waals surface area contributed by atoms with Gasteiger partial charge in [0, 0.05) is 3.57 Å². The van der Waals surface area contributed by atoms with E-state index in [-0.39, 0.29) is 0 Å². The van der Waals surface area contributed by atoms with E-state index in [4.69, 9.17) is 0 Å². The largest absolute Gasteiger partial charge is 0.416 e. The Labute approximate surface area is 91.6 Å². The third kappa shape index (κ3) is 2.60. The predicted molar refractivity (Wildman–Crippen MR) is 53.8 cm³/mol. The van der Waals surface area contributed by atoms with Gasteiger partial charge < -0.3 is 5.32 Å². The molecule has 14 heavy (non-hydrogen) atoms. The number of halogens is 4. The molecule has 0 saturated carbocycles. The van der Waals surface area contributed by atoms with Crippen LogP contribution in [0.4, 0.5) is 18.9 Å². The molecule has 0 aliphatic carbocycles. The molecule has 76 valence electrons. The van der Waals surface area contributed by atoms with Crippen LogP contribution in [0.25, 0.3) is 0 Å². The van der Waals surface area contributed by atoms with Crippen LogP contribution in [0.15, 0.2) is 18.2 Å². The van der Waals surface area contributed by atoms with Crippen LogP contribution in [0.1, 0.15) is 5.56 Å². The molecule has 0 fully saturated rings. The van der Waals surface area contributed by atoms with E-state index in [1.807, 2.05) is 0 Å². The highest BCUT2D eigenvalue weighted by Gasteiger charge is 2.30. The molecule has 1 aromatic carbocycles. The van der Waals surface area contributed by atoms with Crippen molar-refractivity contribution in [1.29, 1.82) is 0 Å². The number of hydrogen-bond donors (Lipinski definition) is 1. The van der Waals surface area contributed by atoms with Crippen molar-refractivity contribution in [2.24, 2.45) is 0 Å². The lowest BCUT2D eigenvalue weighted by molar-refractivity contribution is -0.137. The molecule has 0 bridgehead atoms. The van der Waals surface area contributed by atoms with E-state index in [0.29, 0.717) is 15.7 Å². The van der Waals surface area contributed by atoms with E-state index < -0.39 is 11.7 Å². The maximum absolute atomic E-state index is 12.2. The summed E-state index contributed by atoms with van der Waals surface area (Å²) >= 11 is 1.73. The third-order valence-corrected chi connectivity index (χ3v) is 2.40.